The molecule has 0 aliphatic heterocycles. The number of ether oxygens (including phenoxy) is 1. The van der Waals surface area contributed by atoms with Crippen molar-refractivity contribution in [2.45, 2.75) is 11.0 Å². The van der Waals surface area contributed by atoms with Gasteiger partial charge in [0.25, 0.3) is 0 Å². The Morgan fingerprint density at radius 1 is 0.720 bits per heavy atom. The van der Waals surface area contributed by atoms with E-state index in [2.05, 4.69) is 0 Å². The highest BCUT2D eigenvalue weighted by Crippen LogP contribution is 2.68. The fourth-order valence-electron chi connectivity index (χ4n) is 1.84. The van der Waals surface area contributed by atoms with Crippen LogP contribution < -0.4 is 0 Å². The first-order valence-corrected chi connectivity index (χ1v) is 13.3. The smallest absolute Gasteiger partial charge is 0.355 e. The predicted octanol–water partition coefficient (Wildman–Crippen LogP) is -1.18. The lowest BCUT2D eigenvalue weighted by atomic mass is 10.6. The third kappa shape index (κ3) is 8.57. The van der Waals surface area contributed by atoms with E-state index in [1.165, 1.54) is 0 Å². The predicted molar refractivity (Wildman–Crippen MR) is 84.0 cm³/mol. The van der Waals surface area contributed by atoms with E-state index in [0.717, 1.165) is 0 Å². The second kappa shape index (κ2) is 9.34. The minimum absolute atomic E-state index is 0.0547. The fraction of sp³-hybridized carbons (Fsp3) is 1.00. The first kappa shape index (κ1) is 25.8. The zero-order chi connectivity index (χ0) is 20.3. The van der Waals surface area contributed by atoms with Crippen molar-refractivity contribution >= 4 is 42.0 Å². The summed E-state index contributed by atoms with van der Waals surface area (Å²) < 4.78 is 50.6. The lowest BCUT2D eigenvalue weighted by Crippen LogP contribution is -2.44. The van der Waals surface area contributed by atoms with Gasteiger partial charge < -0.3 is 43.9 Å². The lowest BCUT2D eigenvalue weighted by molar-refractivity contribution is 0.106. The van der Waals surface area contributed by atoms with E-state index in [1.54, 1.807) is 0 Å². The Labute approximate surface area is 146 Å². The number of nitrogens with zero attached hydrogens (tertiary/aromatic N) is 1. The van der Waals surface area contributed by atoms with Crippen molar-refractivity contribution in [2.24, 2.45) is 0 Å². The molecule has 25 heavy (non-hydrogen) atoms. The third-order valence-electron chi connectivity index (χ3n) is 2.51. The summed E-state index contributed by atoms with van der Waals surface area (Å²) in [4.78, 5) is 73.1. The zero-order valence-electron chi connectivity index (χ0n) is 12.2. The maximum absolute atomic E-state index is 11.5. The average molecular weight is 472 g/mol. The van der Waals surface area contributed by atoms with Crippen LogP contribution in [0.1, 0.15) is 0 Å². The Balaban J connectivity index is 6.22. The molecule has 0 saturated carbocycles. The normalized spacial score (nSPS) is 14.7. The van der Waals surface area contributed by atoms with Crippen LogP contribution in [0.2, 0.25) is 0 Å². The minimum Gasteiger partial charge on any atom is -0.379 e. The first-order valence-electron chi connectivity index (χ1n) is 6.04. The average Bonchev–Trinajstić information content (AvgIpc) is 2.26. The number of rotatable bonds is 11. The molecule has 0 fully saturated rings. The van der Waals surface area contributed by atoms with E-state index in [4.69, 9.17) is 16.3 Å². The molecule has 8 N–H and O–H groups in total. The molecule has 0 aromatic rings. The van der Waals surface area contributed by atoms with Crippen molar-refractivity contribution in [1.82, 2.24) is 4.90 Å². The molecular weight excluding hydrogens is 453 g/mol. The van der Waals surface area contributed by atoms with Crippen LogP contribution in [-0.2, 0) is 23.0 Å². The second-order valence-corrected chi connectivity index (χ2v) is 12.5. The molecule has 0 aromatic heterocycles. The van der Waals surface area contributed by atoms with E-state index in [-0.39, 0.29) is 17.4 Å². The molecule has 0 atom stereocenters. The van der Waals surface area contributed by atoms with E-state index in [9.17, 15) is 57.4 Å². The number of hydrogen-bond donors (Lipinski definition) is 8. The van der Waals surface area contributed by atoms with Crippen LogP contribution >= 0.6 is 42.0 Å². The summed E-state index contributed by atoms with van der Waals surface area (Å²) in [5.74, 6) is -0.0547. The van der Waals surface area contributed by atoms with Gasteiger partial charge in [-0.25, -0.2) is 0 Å². The van der Waals surface area contributed by atoms with Crippen molar-refractivity contribution in [3.05, 3.63) is 0 Å². The summed E-state index contributed by atoms with van der Waals surface area (Å²) in [5, 5.41) is 0. The molecule has 0 radical (unpaired) electrons. The highest BCUT2D eigenvalue weighted by Gasteiger charge is 2.58. The minimum atomic E-state index is -5.81. The Hall–Kier alpha value is 0.810. The van der Waals surface area contributed by atoms with Crippen LogP contribution in [-0.4, -0.2) is 80.7 Å². The van der Waals surface area contributed by atoms with Gasteiger partial charge in [0.05, 0.1) is 13.2 Å². The first-order chi connectivity index (χ1) is 10.9. The fourth-order valence-corrected chi connectivity index (χ4v) is 8.05. The summed E-state index contributed by atoms with van der Waals surface area (Å²) in [6.07, 6.45) is 0. The summed E-state index contributed by atoms with van der Waals surface area (Å²) >= 11 is 5.30. The Morgan fingerprint density at radius 3 is 1.28 bits per heavy atom. The van der Waals surface area contributed by atoms with Gasteiger partial charge in [0.15, 0.2) is 0 Å². The lowest BCUT2D eigenvalue weighted by Gasteiger charge is -2.37. The van der Waals surface area contributed by atoms with Crippen LogP contribution in [0.25, 0.3) is 0 Å². The molecule has 0 aliphatic rings. The van der Waals surface area contributed by atoms with Gasteiger partial charge in [-0.15, -0.1) is 11.6 Å². The molecule has 152 valence electrons. The van der Waals surface area contributed by atoms with E-state index in [0.29, 0.717) is 0 Å². The quantitative estimate of drug-likeness (QED) is 0.100. The van der Waals surface area contributed by atoms with E-state index >= 15 is 0 Å². The van der Waals surface area contributed by atoms with Gasteiger partial charge in [-0.2, -0.15) is 0 Å². The molecule has 14 nitrogen and oxygen atoms in total. The van der Waals surface area contributed by atoms with Gasteiger partial charge in [-0.05, 0) is 0 Å². The summed E-state index contributed by atoms with van der Waals surface area (Å²) in [5.41, 5.74) is -6.41. The zero-order valence-corrected chi connectivity index (χ0v) is 16.5. The van der Waals surface area contributed by atoms with Crippen LogP contribution in [0, 0.1) is 0 Å². The van der Waals surface area contributed by atoms with Crippen molar-refractivity contribution in [3.63, 3.8) is 0 Å². The monoisotopic (exact) mass is 471 g/mol. The number of halogens is 1. The van der Waals surface area contributed by atoms with Gasteiger partial charge in [-0.1, -0.05) is 0 Å². The summed E-state index contributed by atoms with van der Waals surface area (Å²) in [7, 11) is -23.2. The van der Waals surface area contributed by atoms with Gasteiger partial charge in [0.2, 0.25) is 11.0 Å². The maximum Gasteiger partial charge on any atom is 0.355 e. The SMILES string of the molecule is O=P(O)(O)C(N(CCOCCCl)C(P(=O)(O)O)P(=O)(O)O)P(=O)(O)O. The Kier molecular flexibility index (Phi) is 9.64. The van der Waals surface area contributed by atoms with E-state index < -0.39 is 54.6 Å². The van der Waals surface area contributed by atoms with Crippen LogP contribution in [0.4, 0.5) is 0 Å². The topological polar surface area (TPSA) is 243 Å². The molecular formula is C6H18ClNO13P4. The van der Waals surface area contributed by atoms with Crippen molar-refractivity contribution in [1.29, 1.82) is 0 Å². The molecule has 0 saturated heterocycles. The number of alkyl halides is 1. The molecule has 0 spiro atoms. The Bertz CT molecular complexity index is 526. The molecule has 0 heterocycles. The van der Waals surface area contributed by atoms with Gasteiger partial charge in [-0.3, -0.25) is 23.2 Å². The largest absolute Gasteiger partial charge is 0.379 e. The van der Waals surface area contributed by atoms with Crippen LogP contribution in [0.3, 0.4) is 0 Å². The Morgan fingerprint density at radius 2 is 1.04 bits per heavy atom. The van der Waals surface area contributed by atoms with Gasteiger partial charge in [0, 0.05) is 12.4 Å². The van der Waals surface area contributed by atoms with Gasteiger partial charge in [0.1, 0.15) is 0 Å². The molecule has 0 amide bonds. The van der Waals surface area contributed by atoms with Crippen molar-refractivity contribution in [2.75, 3.05) is 25.6 Å². The van der Waals surface area contributed by atoms with Crippen LogP contribution in [0.5, 0.6) is 0 Å². The molecule has 19 heteroatoms. The van der Waals surface area contributed by atoms with Crippen LogP contribution in [0.15, 0.2) is 0 Å². The third-order valence-corrected chi connectivity index (χ3v) is 9.87. The highest BCUT2D eigenvalue weighted by atomic mass is 35.5. The molecule has 0 unspecified atom stereocenters. The molecule has 0 aliphatic carbocycles. The summed E-state index contributed by atoms with van der Waals surface area (Å²) in [6, 6.07) is 0. The standard InChI is InChI=1S/C6H18ClNO13P4/c7-1-3-21-4-2-8(5(22(9,10)11)23(12,13)14)6(24(15,16)17)25(18,19)20/h5-6H,1-4H2,(H2,9,10,11)(H2,12,13,14)(H2,15,16,17)(H2,18,19,20). The molecule has 0 bridgehead atoms. The maximum atomic E-state index is 11.5. The molecule has 0 aromatic carbocycles. The second-order valence-electron chi connectivity index (χ2n) is 4.59. The van der Waals surface area contributed by atoms with Gasteiger partial charge >= 0.3 is 30.4 Å². The number of hydrogen-bond acceptors (Lipinski definition) is 6. The highest BCUT2D eigenvalue weighted by molar-refractivity contribution is 7.72. The molecule has 0 rings (SSSR count). The van der Waals surface area contributed by atoms with Crippen molar-refractivity contribution < 1.29 is 62.1 Å². The summed E-state index contributed by atoms with van der Waals surface area (Å²) in [6.45, 7) is -1.82. The van der Waals surface area contributed by atoms with Crippen molar-refractivity contribution in [3.8, 4) is 0 Å². The van der Waals surface area contributed by atoms with E-state index in [1.807, 2.05) is 0 Å².